The van der Waals surface area contributed by atoms with Crippen molar-refractivity contribution in [2.24, 2.45) is 0 Å². The van der Waals surface area contributed by atoms with E-state index in [0.717, 1.165) is 12.5 Å². The highest BCUT2D eigenvalue weighted by Gasteiger charge is 2.38. The first kappa shape index (κ1) is 17.8. The summed E-state index contributed by atoms with van der Waals surface area (Å²) in [6, 6.07) is 3.54. The lowest BCUT2D eigenvalue weighted by atomic mass is 10.1. The molecular weight excluding hydrogens is 324 g/mol. The number of hydrogen-bond donors (Lipinski definition) is 0. The summed E-state index contributed by atoms with van der Waals surface area (Å²) in [6.45, 7) is 0. The lowest BCUT2D eigenvalue weighted by Gasteiger charge is -2.29. The lowest BCUT2D eigenvalue weighted by Crippen LogP contribution is -2.44. The second-order valence-corrected chi connectivity index (χ2v) is 8.35. The van der Waals surface area contributed by atoms with Crippen LogP contribution in [0.15, 0.2) is 18.2 Å². The van der Waals surface area contributed by atoms with E-state index in [1.807, 2.05) is 0 Å². The summed E-state index contributed by atoms with van der Waals surface area (Å²) in [7, 11) is -1.63. The van der Waals surface area contributed by atoms with Gasteiger partial charge < -0.3 is 4.90 Å². The summed E-state index contributed by atoms with van der Waals surface area (Å²) < 4.78 is 50.4. The Morgan fingerprint density at radius 1 is 1.30 bits per heavy atom. The van der Waals surface area contributed by atoms with Crippen LogP contribution in [0.25, 0.3) is 0 Å². The number of amides is 1. The highest BCUT2D eigenvalue weighted by Crippen LogP contribution is 2.29. The second kappa shape index (κ2) is 6.95. The standard InChI is InChI=1S/C16H21F2NO3S/c1-19(13-7-4-8-14(13)23(2,21)22)15(20)10-9-11-5-3-6-12(17)16(11)18/h3,5-6,13-14H,4,7-10H2,1-2H3/t13-,14+/m0/s1. The van der Waals surface area contributed by atoms with E-state index in [1.54, 1.807) is 7.05 Å². The highest BCUT2D eigenvalue weighted by atomic mass is 32.2. The Kier molecular flexibility index (Phi) is 5.39. The second-order valence-electron chi connectivity index (χ2n) is 6.08. The van der Waals surface area contributed by atoms with Crippen molar-refractivity contribution < 1.29 is 22.0 Å². The fraction of sp³-hybridized carbons (Fsp3) is 0.562. The molecule has 0 bridgehead atoms. The minimum absolute atomic E-state index is 0.0177. The molecule has 1 aromatic rings. The van der Waals surface area contributed by atoms with E-state index in [2.05, 4.69) is 0 Å². The maximum atomic E-state index is 13.6. The molecule has 1 aliphatic carbocycles. The number of benzene rings is 1. The van der Waals surface area contributed by atoms with Crippen molar-refractivity contribution >= 4 is 15.7 Å². The Labute approximate surface area is 135 Å². The van der Waals surface area contributed by atoms with E-state index in [1.165, 1.54) is 23.3 Å². The summed E-state index contributed by atoms with van der Waals surface area (Å²) in [5.74, 6) is -2.12. The van der Waals surface area contributed by atoms with Gasteiger partial charge in [-0.15, -0.1) is 0 Å². The zero-order valence-corrected chi connectivity index (χ0v) is 14.1. The third-order valence-corrected chi connectivity index (χ3v) is 6.15. The van der Waals surface area contributed by atoms with Gasteiger partial charge in [-0.3, -0.25) is 4.79 Å². The normalized spacial score (nSPS) is 21.4. The molecule has 1 saturated carbocycles. The van der Waals surface area contributed by atoms with Gasteiger partial charge in [0.25, 0.3) is 0 Å². The number of hydrogen-bond acceptors (Lipinski definition) is 3. The maximum Gasteiger partial charge on any atom is 0.222 e. The summed E-state index contributed by atoms with van der Waals surface area (Å²) in [4.78, 5) is 13.7. The Balaban J connectivity index is 2.01. The van der Waals surface area contributed by atoms with E-state index >= 15 is 0 Å². The van der Waals surface area contributed by atoms with Gasteiger partial charge in [0.1, 0.15) is 0 Å². The molecule has 1 fully saturated rings. The summed E-state index contributed by atoms with van der Waals surface area (Å²) >= 11 is 0. The first-order valence-corrected chi connectivity index (χ1v) is 9.54. The van der Waals surface area contributed by atoms with E-state index in [-0.39, 0.29) is 30.4 Å². The molecule has 1 aliphatic rings. The zero-order valence-electron chi connectivity index (χ0n) is 13.3. The number of carbonyl (C=O) groups excluding carboxylic acids is 1. The number of nitrogens with zero attached hydrogens (tertiary/aromatic N) is 1. The first-order chi connectivity index (χ1) is 10.7. The molecule has 0 saturated heterocycles. The topological polar surface area (TPSA) is 54.5 Å². The summed E-state index contributed by atoms with van der Waals surface area (Å²) in [6.07, 6.45) is 3.26. The molecule has 0 radical (unpaired) electrons. The van der Waals surface area contributed by atoms with Crippen LogP contribution in [0.5, 0.6) is 0 Å². The average Bonchev–Trinajstić information content (AvgIpc) is 2.97. The van der Waals surface area contributed by atoms with Crippen LogP contribution in [-0.2, 0) is 21.1 Å². The van der Waals surface area contributed by atoms with Crippen molar-refractivity contribution in [1.29, 1.82) is 0 Å². The molecule has 0 aromatic heterocycles. The molecule has 23 heavy (non-hydrogen) atoms. The predicted octanol–water partition coefficient (Wildman–Crippen LogP) is 2.32. The lowest BCUT2D eigenvalue weighted by molar-refractivity contribution is -0.131. The van der Waals surface area contributed by atoms with Gasteiger partial charge >= 0.3 is 0 Å². The van der Waals surface area contributed by atoms with E-state index < -0.39 is 26.7 Å². The van der Waals surface area contributed by atoms with Gasteiger partial charge in [-0.1, -0.05) is 12.1 Å². The van der Waals surface area contributed by atoms with E-state index in [0.29, 0.717) is 12.8 Å². The van der Waals surface area contributed by atoms with E-state index in [9.17, 15) is 22.0 Å². The molecule has 0 heterocycles. The largest absolute Gasteiger partial charge is 0.341 e. The number of rotatable bonds is 5. The molecule has 2 rings (SSSR count). The number of halogens is 2. The van der Waals surface area contributed by atoms with Crippen LogP contribution >= 0.6 is 0 Å². The molecular formula is C16H21F2NO3S. The van der Waals surface area contributed by atoms with Crippen molar-refractivity contribution in [1.82, 2.24) is 4.90 Å². The summed E-state index contributed by atoms with van der Waals surface area (Å²) in [5, 5.41) is -0.539. The molecule has 0 spiro atoms. The Morgan fingerprint density at radius 2 is 2.00 bits per heavy atom. The molecule has 1 aromatic carbocycles. The highest BCUT2D eigenvalue weighted by molar-refractivity contribution is 7.91. The monoisotopic (exact) mass is 345 g/mol. The van der Waals surface area contributed by atoms with Gasteiger partial charge in [-0.25, -0.2) is 17.2 Å². The Hall–Kier alpha value is -1.50. The first-order valence-electron chi connectivity index (χ1n) is 7.59. The number of sulfone groups is 1. The molecule has 7 heteroatoms. The van der Waals surface area contributed by atoms with Crippen molar-refractivity contribution in [3.63, 3.8) is 0 Å². The third-order valence-electron chi connectivity index (χ3n) is 4.50. The van der Waals surface area contributed by atoms with Gasteiger partial charge in [0.2, 0.25) is 5.91 Å². The van der Waals surface area contributed by atoms with Gasteiger partial charge in [0.15, 0.2) is 21.5 Å². The molecule has 2 atom stereocenters. The van der Waals surface area contributed by atoms with Crippen LogP contribution in [0.4, 0.5) is 8.78 Å². The van der Waals surface area contributed by atoms with Crippen LogP contribution in [0.1, 0.15) is 31.2 Å². The van der Waals surface area contributed by atoms with Gasteiger partial charge in [0.05, 0.1) is 5.25 Å². The van der Waals surface area contributed by atoms with Gasteiger partial charge in [-0.2, -0.15) is 0 Å². The van der Waals surface area contributed by atoms with Gasteiger partial charge in [-0.05, 0) is 37.3 Å². The van der Waals surface area contributed by atoms with Crippen LogP contribution < -0.4 is 0 Å². The van der Waals surface area contributed by atoms with Crippen LogP contribution in [0, 0.1) is 11.6 Å². The van der Waals surface area contributed by atoms with Crippen LogP contribution in [0.2, 0.25) is 0 Å². The summed E-state index contributed by atoms with van der Waals surface area (Å²) in [5.41, 5.74) is 0.151. The van der Waals surface area contributed by atoms with Crippen molar-refractivity contribution in [2.45, 2.75) is 43.4 Å². The molecule has 0 aliphatic heterocycles. The van der Waals surface area contributed by atoms with E-state index in [4.69, 9.17) is 0 Å². The zero-order chi connectivity index (χ0) is 17.2. The van der Waals surface area contributed by atoms with Crippen LogP contribution in [-0.4, -0.2) is 43.8 Å². The molecule has 4 nitrogen and oxygen atoms in total. The average molecular weight is 345 g/mol. The quantitative estimate of drug-likeness (QED) is 0.823. The van der Waals surface area contributed by atoms with Crippen molar-refractivity contribution in [3.8, 4) is 0 Å². The fourth-order valence-corrected chi connectivity index (χ4v) is 4.68. The smallest absolute Gasteiger partial charge is 0.222 e. The minimum Gasteiger partial charge on any atom is -0.341 e. The van der Waals surface area contributed by atoms with Crippen molar-refractivity contribution in [2.75, 3.05) is 13.3 Å². The molecule has 0 unspecified atom stereocenters. The maximum absolute atomic E-state index is 13.6. The predicted molar refractivity (Wildman–Crippen MR) is 83.7 cm³/mol. The third kappa shape index (κ3) is 4.07. The van der Waals surface area contributed by atoms with Crippen molar-refractivity contribution in [3.05, 3.63) is 35.4 Å². The fourth-order valence-electron chi connectivity index (χ4n) is 3.19. The molecule has 0 N–H and O–H groups in total. The molecule has 1 amide bonds. The number of carbonyl (C=O) groups is 1. The number of aryl methyl sites for hydroxylation is 1. The minimum atomic E-state index is -3.21. The Bertz CT molecular complexity index is 691. The molecule has 128 valence electrons. The SMILES string of the molecule is CN(C(=O)CCc1cccc(F)c1F)[C@H]1CCC[C@H]1S(C)(=O)=O. The van der Waals surface area contributed by atoms with Gasteiger partial charge in [0, 0.05) is 25.8 Å². The Morgan fingerprint density at radius 3 is 2.65 bits per heavy atom. The van der Waals surface area contributed by atoms with Crippen LogP contribution in [0.3, 0.4) is 0 Å².